The SMILES string of the molecule is COc1cc(C(=O)OCCOC(=O)[C@@H](NC(=O)[C@H](C)NCC(=O)OC(C)(C)C)C(C)C)ccc1NC(=O)[C@@H]1N[C@@H](CC(C)(C)C)[C@](C#N)(c2ccc(Cl)cc2F)[C@H]1c1cccc(Cl)c1F. The van der Waals surface area contributed by atoms with Gasteiger partial charge in [-0.3, -0.25) is 19.7 Å². The van der Waals surface area contributed by atoms with E-state index in [4.69, 9.17) is 42.1 Å². The molecule has 0 aromatic heterocycles. The van der Waals surface area contributed by atoms with E-state index in [1.165, 1.54) is 62.6 Å². The lowest BCUT2D eigenvalue weighted by Crippen LogP contribution is -2.52. The number of carbonyl (C=O) groups is 5. The Morgan fingerprint density at radius 2 is 1.62 bits per heavy atom. The summed E-state index contributed by atoms with van der Waals surface area (Å²) in [5.74, 6) is -6.76. The number of anilines is 1. The first-order valence-corrected chi connectivity index (χ1v) is 21.7. The summed E-state index contributed by atoms with van der Waals surface area (Å²) in [5.41, 5.74) is -3.06. The average Bonchev–Trinajstić information content (AvgIpc) is 3.53. The van der Waals surface area contributed by atoms with E-state index >= 15 is 8.78 Å². The minimum absolute atomic E-state index is 0.0104. The number of nitriles is 1. The highest BCUT2D eigenvalue weighted by atomic mass is 35.5. The highest BCUT2D eigenvalue weighted by molar-refractivity contribution is 6.31. The quantitative estimate of drug-likeness (QED) is 0.0596. The van der Waals surface area contributed by atoms with Crippen LogP contribution in [-0.4, -0.2) is 86.4 Å². The first-order chi connectivity index (χ1) is 30.3. The minimum atomic E-state index is -1.86. The molecule has 3 aromatic carbocycles. The number of nitrogens with one attached hydrogen (secondary N) is 4. The van der Waals surface area contributed by atoms with Crippen LogP contribution in [0, 0.1) is 34.3 Å². The van der Waals surface area contributed by atoms with Crippen molar-refractivity contribution in [2.75, 3.05) is 32.2 Å². The third-order valence-corrected chi connectivity index (χ3v) is 11.1. The summed E-state index contributed by atoms with van der Waals surface area (Å²) in [4.78, 5) is 65.4. The molecule has 1 heterocycles. The van der Waals surface area contributed by atoms with Gasteiger partial charge < -0.3 is 34.9 Å². The molecule has 2 amide bonds. The van der Waals surface area contributed by atoms with Crippen molar-refractivity contribution in [3.05, 3.63) is 93.0 Å². The molecule has 1 aliphatic rings. The number of benzene rings is 3. The number of amides is 2. The maximum Gasteiger partial charge on any atom is 0.338 e. The molecule has 3 aromatic rings. The number of ether oxygens (including phenoxy) is 4. The van der Waals surface area contributed by atoms with E-state index < -0.39 is 87.9 Å². The Labute approximate surface area is 388 Å². The Morgan fingerprint density at radius 1 is 0.938 bits per heavy atom. The molecule has 1 saturated heterocycles. The number of halogens is 4. The van der Waals surface area contributed by atoms with Crippen molar-refractivity contribution < 1.29 is 51.7 Å². The average molecular weight is 945 g/mol. The molecular weight excluding hydrogens is 887 g/mol. The maximum absolute atomic E-state index is 16.1. The van der Waals surface area contributed by atoms with Gasteiger partial charge in [-0.1, -0.05) is 76.0 Å². The van der Waals surface area contributed by atoms with E-state index in [0.717, 1.165) is 6.07 Å². The summed E-state index contributed by atoms with van der Waals surface area (Å²) in [5, 5.41) is 22.4. The van der Waals surface area contributed by atoms with E-state index in [1.54, 1.807) is 34.6 Å². The van der Waals surface area contributed by atoms with Crippen LogP contribution in [-0.2, 0) is 38.8 Å². The second-order valence-electron chi connectivity index (χ2n) is 18.3. The minimum Gasteiger partial charge on any atom is -0.495 e. The van der Waals surface area contributed by atoms with Gasteiger partial charge in [0.2, 0.25) is 11.8 Å². The van der Waals surface area contributed by atoms with Crippen LogP contribution in [0.3, 0.4) is 0 Å². The number of hydrogen-bond acceptors (Lipinski definition) is 12. The molecule has 14 nitrogen and oxygen atoms in total. The molecule has 0 bridgehead atoms. The predicted molar refractivity (Wildman–Crippen MR) is 241 cm³/mol. The summed E-state index contributed by atoms with van der Waals surface area (Å²) < 4.78 is 53.6. The van der Waals surface area contributed by atoms with Crippen molar-refractivity contribution in [3.8, 4) is 11.8 Å². The number of carbonyl (C=O) groups excluding carboxylic acids is 5. The fraction of sp³-hybridized carbons (Fsp3) is 0.489. The summed E-state index contributed by atoms with van der Waals surface area (Å²) >= 11 is 12.4. The molecule has 0 spiro atoms. The third-order valence-electron chi connectivity index (χ3n) is 10.6. The van der Waals surface area contributed by atoms with Crippen LogP contribution in [0.4, 0.5) is 14.5 Å². The molecule has 0 saturated carbocycles. The fourth-order valence-electron chi connectivity index (χ4n) is 7.62. The first kappa shape index (κ1) is 52.3. The van der Waals surface area contributed by atoms with Crippen LogP contribution in [0.15, 0.2) is 54.6 Å². The van der Waals surface area contributed by atoms with Crippen molar-refractivity contribution in [1.82, 2.24) is 16.0 Å². The number of hydrogen-bond donors (Lipinski definition) is 4. The Kier molecular flexibility index (Phi) is 17.5. The molecule has 65 heavy (non-hydrogen) atoms. The van der Waals surface area contributed by atoms with E-state index in [2.05, 4.69) is 27.3 Å². The van der Waals surface area contributed by atoms with Gasteiger partial charge >= 0.3 is 17.9 Å². The molecular formula is C47H57Cl2F2N5O9. The van der Waals surface area contributed by atoms with Crippen molar-refractivity contribution >= 4 is 58.6 Å². The van der Waals surface area contributed by atoms with E-state index in [1.807, 2.05) is 20.8 Å². The summed E-state index contributed by atoms with van der Waals surface area (Å²) in [6, 6.07) is 10.3. The van der Waals surface area contributed by atoms with Gasteiger partial charge in [0.05, 0.1) is 48.1 Å². The number of esters is 3. The van der Waals surface area contributed by atoms with Gasteiger partial charge in [-0.05, 0) is 87.4 Å². The summed E-state index contributed by atoms with van der Waals surface area (Å²) in [7, 11) is 1.31. The number of nitrogens with zero attached hydrogens (tertiary/aromatic N) is 1. The van der Waals surface area contributed by atoms with Crippen molar-refractivity contribution in [2.24, 2.45) is 11.3 Å². The monoisotopic (exact) mass is 943 g/mol. The van der Waals surface area contributed by atoms with Crippen molar-refractivity contribution in [3.63, 3.8) is 0 Å². The fourth-order valence-corrected chi connectivity index (χ4v) is 7.96. The molecule has 352 valence electrons. The molecule has 0 unspecified atom stereocenters. The highest BCUT2D eigenvalue weighted by Crippen LogP contribution is 2.53. The Bertz CT molecular complexity index is 2290. The molecule has 1 aliphatic heterocycles. The first-order valence-electron chi connectivity index (χ1n) is 21.0. The Hall–Kier alpha value is -5.34. The molecule has 4 N–H and O–H groups in total. The van der Waals surface area contributed by atoms with Gasteiger partial charge in [-0.15, -0.1) is 0 Å². The molecule has 0 radical (unpaired) electrons. The van der Waals surface area contributed by atoms with Crippen LogP contribution < -0.4 is 26.0 Å². The van der Waals surface area contributed by atoms with Gasteiger partial charge in [-0.2, -0.15) is 5.26 Å². The molecule has 18 heteroatoms. The van der Waals surface area contributed by atoms with Gasteiger partial charge in [-0.25, -0.2) is 18.4 Å². The number of rotatable bonds is 17. The van der Waals surface area contributed by atoms with Gasteiger partial charge in [0.15, 0.2) is 0 Å². The number of methoxy groups -OCH3 is 1. The van der Waals surface area contributed by atoms with E-state index in [9.17, 15) is 29.2 Å². The lowest BCUT2D eigenvalue weighted by molar-refractivity contribution is -0.154. The van der Waals surface area contributed by atoms with Crippen LogP contribution in [0.1, 0.15) is 96.1 Å². The normalized spacial score (nSPS) is 19.4. The topological polar surface area (TPSA) is 194 Å². The molecule has 6 atom stereocenters. The van der Waals surface area contributed by atoms with Crippen LogP contribution in [0.2, 0.25) is 10.0 Å². The van der Waals surface area contributed by atoms with Gasteiger partial charge in [0, 0.05) is 22.5 Å². The second kappa shape index (κ2) is 21.8. The smallest absolute Gasteiger partial charge is 0.338 e. The lowest BCUT2D eigenvalue weighted by Gasteiger charge is -2.37. The molecule has 0 aliphatic carbocycles. The standard InChI is InChI=1S/C47H57Cl2F2N5O9/c1-25(2)39(56-41(58)26(3)53-23-36(57)65-46(7,8)9)44(61)64-19-18-63-43(60)27-14-17-33(34(20-27)62-10)54-42(59)40-37(29-12-11-13-31(49)38(29)51)47(24-52,35(55-40)22-45(4,5)6)30-16-15-28(48)21-32(30)50/h11-17,20-21,25-26,35,37,39-40,53,55H,18-19,22-23H2,1-10H3,(H,54,59)(H,56,58)/t26-,35-,37-,39-,40+,47-/m0/s1. The molecule has 1 fully saturated rings. The van der Waals surface area contributed by atoms with Crippen LogP contribution in [0.25, 0.3) is 0 Å². The van der Waals surface area contributed by atoms with E-state index in [0.29, 0.717) is 0 Å². The van der Waals surface area contributed by atoms with Crippen molar-refractivity contribution in [1.29, 1.82) is 5.26 Å². The van der Waals surface area contributed by atoms with Crippen LogP contribution in [0.5, 0.6) is 5.75 Å². The summed E-state index contributed by atoms with van der Waals surface area (Å²) in [6.07, 6.45) is 0.259. The maximum atomic E-state index is 16.1. The zero-order chi connectivity index (χ0) is 48.6. The summed E-state index contributed by atoms with van der Waals surface area (Å²) in [6.45, 7) is 15.0. The Balaban J connectivity index is 1.49. The highest BCUT2D eigenvalue weighted by Gasteiger charge is 2.61. The van der Waals surface area contributed by atoms with E-state index in [-0.39, 0.29) is 70.3 Å². The zero-order valence-electron chi connectivity index (χ0n) is 38.1. The predicted octanol–water partition coefficient (Wildman–Crippen LogP) is 7.40. The molecule has 4 rings (SSSR count). The van der Waals surface area contributed by atoms with Crippen LogP contribution >= 0.6 is 23.2 Å². The third kappa shape index (κ3) is 13.2. The van der Waals surface area contributed by atoms with Crippen molar-refractivity contribution in [2.45, 2.75) is 110 Å². The van der Waals surface area contributed by atoms with Gasteiger partial charge in [0.1, 0.15) is 47.7 Å². The second-order valence-corrected chi connectivity index (χ2v) is 19.2. The van der Waals surface area contributed by atoms with Gasteiger partial charge in [0.25, 0.3) is 0 Å². The lowest BCUT2D eigenvalue weighted by atomic mass is 9.62. The largest absolute Gasteiger partial charge is 0.495 e. The Morgan fingerprint density at radius 3 is 2.22 bits per heavy atom. The zero-order valence-corrected chi connectivity index (χ0v) is 39.6.